The molecule has 2 aromatic rings. The third-order valence-electron chi connectivity index (χ3n) is 3.43. The van der Waals surface area contributed by atoms with Crippen molar-refractivity contribution in [3.8, 4) is 0 Å². The molecule has 0 aromatic carbocycles. The van der Waals surface area contributed by atoms with Gasteiger partial charge in [0.05, 0.1) is 31.2 Å². The molecule has 0 radical (unpaired) electrons. The van der Waals surface area contributed by atoms with Gasteiger partial charge in [-0.1, -0.05) is 0 Å². The number of aryl methyl sites for hydroxylation is 2. The van der Waals surface area contributed by atoms with Gasteiger partial charge in [0.1, 0.15) is 10.7 Å². The molecular weight excluding hydrogens is 290 g/mol. The molecule has 21 heavy (non-hydrogen) atoms. The van der Waals surface area contributed by atoms with E-state index in [4.69, 9.17) is 5.11 Å². The van der Waals surface area contributed by atoms with Crippen molar-refractivity contribution in [3.63, 3.8) is 0 Å². The number of hydrogen-bond donors (Lipinski definition) is 2. The van der Waals surface area contributed by atoms with Gasteiger partial charge in [-0.3, -0.25) is 9.36 Å². The van der Waals surface area contributed by atoms with Crippen LogP contribution in [0.2, 0.25) is 0 Å². The summed E-state index contributed by atoms with van der Waals surface area (Å²) >= 11 is 1.51. The normalized spacial score (nSPS) is 13.3. The highest BCUT2D eigenvalue weighted by Crippen LogP contribution is 2.26. The number of aromatic nitrogens is 2. The van der Waals surface area contributed by atoms with Gasteiger partial charge in [-0.2, -0.15) is 0 Å². The van der Waals surface area contributed by atoms with Crippen molar-refractivity contribution < 1.29 is 10.2 Å². The Hall–Kier alpha value is -1.28. The monoisotopic (exact) mass is 311 g/mol. The predicted octanol–water partition coefficient (Wildman–Crippen LogP) is 0.490. The quantitative estimate of drug-likeness (QED) is 0.840. The van der Waals surface area contributed by atoms with E-state index in [1.54, 1.807) is 0 Å². The molecule has 2 N–H and O–H groups in total. The molecule has 2 aromatic heterocycles. The van der Waals surface area contributed by atoms with Gasteiger partial charge in [0.25, 0.3) is 5.56 Å². The molecule has 0 aliphatic heterocycles. The van der Waals surface area contributed by atoms with Gasteiger partial charge in [-0.15, -0.1) is 11.3 Å². The first kappa shape index (κ1) is 16.1. The van der Waals surface area contributed by atoms with Crippen LogP contribution in [0.5, 0.6) is 0 Å². The lowest BCUT2D eigenvalue weighted by molar-refractivity contribution is 0.0790. The Labute approximate surface area is 127 Å². The fraction of sp³-hybridized carbons (Fsp3) is 0.571. The molecule has 116 valence electrons. The summed E-state index contributed by atoms with van der Waals surface area (Å²) in [6.45, 7) is 4.05. The van der Waals surface area contributed by atoms with E-state index in [1.165, 1.54) is 15.9 Å². The zero-order chi connectivity index (χ0) is 15.7. The maximum Gasteiger partial charge on any atom is 0.262 e. The summed E-state index contributed by atoms with van der Waals surface area (Å²) in [4.78, 5) is 21.1. The van der Waals surface area contributed by atoms with E-state index >= 15 is 0 Å². The van der Waals surface area contributed by atoms with Crippen LogP contribution in [0.25, 0.3) is 10.2 Å². The number of rotatable bonds is 5. The van der Waals surface area contributed by atoms with E-state index in [2.05, 4.69) is 4.98 Å². The second-order valence-corrected chi connectivity index (χ2v) is 6.68. The van der Waals surface area contributed by atoms with Crippen LogP contribution >= 0.6 is 11.3 Å². The number of fused-ring (bicyclic) bond motifs is 1. The van der Waals surface area contributed by atoms with E-state index in [0.717, 1.165) is 15.3 Å². The highest BCUT2D eigenvalue weighted by Gasteiger charge is 2.18. The number of hydrogen-bond acceptors (Lipinski definition) is 6. The Morgan fingerprint density at radius 1 is 1.38 bits per heavy atom. The van der Waals surface area contributed by atoms with Crippen molar-refractivity contribution in [2.75, 3.05) is 20.7 Å². The number of aliphatic hydroxyl groups is 2. The Kier molecular flexibility index (Phi) is 4.77. The van der Waals surface area contributed by atoms with Crippen molar-refractivity contribution in [2.24, 2.45) is 0 Å². The van der Waals surface area contributed by atoms with E-state index < -0.39 is 6.10 Å². The highest BCUT2D eigenvalue weighted by atomic mass is 32.1. The standard InChI is InChI=1S/C14H21N3O3S/c1-8-9(2)21-13-12(8)14(20)17(5-10(19)7-18)11(15-13)6-16(3)4/h10,18-19H,5-7H2,1-4H3. The van der Waals surface area contributed by atoms with E-state index in [9.17, 15) is 9.90 Å². The van der Waals surface area contributed by atoms with Gasteiger partial charge >= 0.3 is 0 Å². The zero-order valence-electron chi connectivity index (χ0n) is 12.8. The Balaban J connectivity index is 2.68. The molecule has 0 aliphatic carbocycles. The van der Waals surface area contributed by atoms with Crippen LogP contribution in [0.1, 0.15) is 16.3 Å². The Bertz CT molecular complexity index is 706. The SMILES string of the molecule is Cc1sc2nc(CN(C)C)n(CC(O)CO)c(=O)c2c1C. The number of thiophene rings is 1. The van der Waals surface area contributed by atoms with Crippen LogP contribution in [0.4, 0.5) is 0 Å². The lowest BCUT2D eigenvalue weighted by Gasteiger charge is -2.17. The summed E-state index contributed by atoms with van der Waals surface area (Å²) in [5.41, 5.74) is 0.794. The molecule has 2 rings (SSSR count). The van der Waals surface area contributed by atoms with E-state index in [-0.39, 0.29) is 18.7 Å². The van der Waals surface area contributed by atoms with Gasteiger partial charge < -0.3 is 15.1 Å². The summed E-state index contributed by atoms with van der Waals surface area (Å²) in [7, 11) is 3.79. The Morgan fingerprint density at radius 2 is 2.05 bits per heavy atom. The molecule has 6 nitrogen and oxygen atoms in total. The second kappa shape index (κ2) is 6.23. The summed E-state index contributed by atoms with van der Waals surface area (Å²) in [5, 5.41) is 19.3. The van der Waals surface area contributed by atoms with Crippen molar-refractivity contribution >= 4 is 21.6 Å². The highest BCUT2D eigenvalue weighted by molar-refractivity contribution is 7.18. The molecule has 0 aliphatic rings. The number of aliphatic hydroxyl groups excluding tert-OH is 2. The molecule has 0 fully saturated rings. The predicted molar refractivity (Wildman–Crippen MR) is 83.8 cm³/mol. The van der Waals surface area contributed by atoms with Gasteiger partial charge in [0.15, 0.2) is 0 Å². The van der Waals surface area contributed by atoms with Crippen LogP contribution in [0.3, 0.4) is 0 Å². The third kappa shape index (κ3) is 3.16. The topological polar surface area (TPSA) is 78.6 Å². The molecule has 0 saturated carbocycles. The van der Waals surface area contributed by atoms with Gasteiger partial charge in [-0.05, 0) is 33.5 Å². The summed E-state index contributed by atoms with van der Waals surface area (Å²) in [6, 6.07) is 0. The molecular formula is C14H21N3O3S. The van der Waals surface area contributed by atoms with Gasteiger partial charge in [0, 0.05) is 4.88 Å². The fourth-order valence-electron chi connectivity index (χ4n) is 2.23. The van der Waals surface area contributed by atoms with Gasteiger partial charge in [0.2, 0.25) is 0 Å². The van der Waals surface area contributed by atoms with E-state index in [1.807, 2.05) is 32.8 Å². The molecule has 0 saturated heterocycles. The minimum absolute atomic E-state index is 0.0514. The maximum atomic E-state index is 12.7. The second-order valence-electron chi connectivity index (χ2n) is 5.48. The van der Waals surface area contributed by atoms with Crippen LogP contribution in [0.15, 0.2) is 4.79 Å². The molecule has 0 spiro atoms. The van der Waals surface area contributed by atoms with Crippen molar-refractivity contribution in [1.82, 2.24) is 14.5 Å². The summed E-state index contributed by atoms with van der Waals surface area (Å²) in [5.74, 6) is 0.603. The third-order valence-corrected chi connectivity index (χ3v) is 4.53. The smallest absolute Gasteiger partial charge is 0.262 e. The van der Waals surface area contributed by atoms with Crippen molar-refractivity contribution in [2.45, 2.75) is 33.0 Å². The summed E-state index contributed by atoms with van der Waals surface area (Å²) < 4.78 is 1.47. The lowest BCUT2D eigenvalue weighted by atomic mass is 10.2. The molecule has 1 unspecified atom stereocenters. The van der Waals surface area contributed by atoms with Crippen LogP contribution < -0.4 is 5.56 Å². The molecule has 2 heterocycles. The number of nitrogens with zero attached hydrogens (tertiary/aromatic N) is 3. The van der Waals surface area contributed by atoms with Gasteiger partial charge in [-0.25, -0.2) is 4.98 Å². The van der Waals surface area contributed by atoms with Crippen LogP contribution in [0, 0.1) is 13.8 Å². The van der Waals surface area contributed by atoms with E-state index in [0.29, 0.717) is 17.8 Å². The first-order chi connectivity index (χ1) is 9.85. The zero-order valence-corrected chi connectivity index (χ0v) is 13.6. The molecule has 7 heteroatoms. The lowest BCUT2D eigenvalue weighted by Crippen LogP contribution is -2.33. The average molecular weight is 311 g/mol. The molecule has 0 bridgehead atoms. The fourth-order valence-corrected chi connectivity index (χ4v) is 3.27. The average Bonchev–Trinajstić information content (AvgIpc) is 2.68. The first-order valence-electron chi connectivity index (χ1n) is 6.78. The van der Waals surface area contributed by atoms with Crippen LogP contribution in [-0.2, 0) is 13.1 Å². The summed E-state index contributed by atoms with van der Waals surface area (Å²) in [6.07, 6.45) is -0.970. The molecule has 0 amide bonds. The molecule has 1 atom stereocenters. The first-order valence-corrected chi connectivity index (χ1v) is 7.59. The van der Waals surface area contributed by atoms with Crippen molar-refractivity contribution in [3.05, 3.63) is 26.6 Å². The van der Waals surface area contributed by atoms with Crippen molar-refractivity contribution in [1.29, 1.82) is 0 Å². The minimum Gasteiger partial charge on any atom is -0.394 e. The minimum atomic E-state index is -0.970. The maximum absolute atomic E-state index is 12.7. The largest absolute Gasteiger partial charge is 0.394 e. The van der Waals surface area contributed by atoms with Crippen LogP contribution in [-0.4, -0.2) is 51.5 Å². The Morgan fingerprint density at radius 3 is 2.62 bits per heavy atom.